The van der Waals surface area contributed by atoms with E-state index in [4.69, 9.17) is 4.74 Å². The van der Waals surface area contributed by atoms with Gasteiger partial charge in [-0.3, -0.25) is 0 Å². The first kappa shape index (κ1) is 19.2. The normalized spacial score (nSPS) is 35.1. The molecule has 2 unspecified atom stereocenters. The summed E-state index contributed by atoms with van der Waals surface area (Å²) in [4.78, 5) is 0. The highest BCUT2D eigenvalue weighted by molar-refractivity contribution is 5.34. The Hall–Kier alpha value is -1.80. The van der Waals surface area contributed by atoms with Crippen molar-refractivity contribution in [1.82, 2.24) is 5.32 Å². The number of nitrogens with one attached hydrogen (secondary N) is 1. The lowest BCUT2D eigenvalue weighted by molar-refractivity contribution is -0.118. The molecule has 4 fully saturated rings. The van der Waals surface area contributed by atoms with E-state index < -0.39 is 0 Å². The van der Waals surface area contributed by atoms with E-state index >= 15 is 0 Å². The van der Waals surface area contributed by atoms with Gasteiger partial charge in [0.1, 0.15) is 12.4 Å². The minimum atomic E-state index is 0.325. The summed E-state index contributed by atoms with van der Waals surface area (Å²) < 4.78 is 6.28. The summed E-state index contributed by atoms with van der Waals surface area (Å²) >= 11 is 0. The lowest BCUT2D eigenvalue weighted by atomic mass is 9.43. The fourth-order valence-corrected chi connectivity index (χ4v) is 7.65. The molecule has 0 aromatic heterocycles. The lowest BCUT2D eigenvalue weighted by Crippen LogP contribution is -2.63. The molecule has 154 valence electrons. The number of aryl methyl sites for hydroxylation is 1. The Morgan fingerprint density at radius 1 is 0.862 bits per heavy atom. The molecule has 6 rings (SSSR count). The van der Waals surface area contributed by atoms with Crippen LogP contribution in [0.1, 0.15) is 69.1 Å². The van der Waals surface area contributed by atoms with Crippen molar-refractivity contribution in [3.05, 3.63) is 65.2 Å². The van der Waals surface area contributed by atoms with Crippen molar-refractivity contribution in [1.29, 1.82) is 0 Å². The first-order chi connectivity index (χ1) is 13.9. The van der Waals surface area contributed by atoms with Crippen LogP contribution in [0.5, 0.6) is 5.75 Å². The van der Waals surface area contributed by atoms with Gasteiger partial charge in [-0.15, -0.1) is 0 Å². The van der Waals surface area contributed by atoms with Gasteiger partial charge in [0.05, 0.1) is 0 Å². The summed E-state index contributed by atoms with van der Waals surface area (Å²) in [6.07, 6.45) is 8.38. The van der Waals surface area contributed by atoms with Gasteiger partial charge in [0.15, 0.2) is 0 Å². The Labute approximate surface area is 176 Å². The molecule has 2 aromatic carbocycles. The fraction of sp³-hybridized carbons (Fsp3) is 0.556. The topological polar surface area (TPSA) is 21.3 Å². The third-order valence-corrected chi connectivity index (χ3v) is 7.90. The molecule has 4 aliphatic rings. The van der Waals surface area contributed by atoms with Gasteiger partial charge in [-0.2, -0.15) is 0 Å². The number of rotatable bonds is 6. The Balaban J connectivity index is 1.30. The molecule has 0 aliphatic heterocycles. The number of hydrogen-bond donors (Lipinski definition) is 1. The number of hydrogen-bond acceptors (Lipinski definition) is 2. The maximum Gasteiger partial charge on any atom is 0.124 e. The molecule has 2 aromatic rings. The van der Waals surface area contributed by atoms with E-state index in [9.17, 15) is 0 Å². The molecule has 0 heterocycles. The van der Waals surface area contributed by atoms with E-state index in [1.165, 1.54) is 55.2 Å². The van der Waals surface area contributed by atoms with Gasteiger partial charge < -0.3 is 10.1 Å². The number of benzene rings is 2. The zero-order valence-electron chi connectivity index (χ0n) is 18.3. The molecule has 4 bridgehead atoms. The first-order valence-electron chi connectivity index (χ1n) is 11.4. The van der Waals surface area contributed by atoms with Crippen molar-refractivity contribution in [2.45, 2.75) is 78.0 Å². The Bertz CT molecular complexity index is 885. The molecule has 2 nitrogen and oxygen atoms in total. The second-order valence-electron chi connectivity index (χ2n) is 11.1. The maximum absolute atomic E-state index is 6.28. The van der Waals surface area contributed by atoms with E-state index in [1.807, 2.05) is 0 Å². The lowest BCUT2D eigenvalue weighted by Gasteiger charge is -2.65. The Morgan fingerprint density at radius 3 is 2.21 bits per heavy atom. The van der Waals surface area contributed by atoms with Gasteiger partial charge in [0.25, 0.3) is 0 Å². The Morgan fingerprint density at radius 2 is 1.52 bits per heavy atom. The van der Waals surface area contributed by atoms with Crippen LogP contribution in [0.4, 0.5) is 0 Å². The van der Waals surface area contributed by atoms with Crippen LogP contribution in [-0.2, 0) is 13.2 Å². The van der Waals surface area contributed by atoms with Crippen molar-refractivity contribution in [2.75, 3.05) is 0 Å². The highest BCUT2D eigenvalue weighted by Gasteiger charge is 2.59. The zero-order chi connectivity index (χ0) is 20.1. The van der Waals surface area contributed by atoms with Gasteiger partial charge >= 0.3 is 0 Å². The minimum absolute atomic E-state index is 0.325. The molecule has 0 radical (unpaired) electrons. The Kier molecular flexibility index (Phi) is 4.55. The SMILES string of the molecule is Cc1ccccc1COc1ccccc1CNC12CC3CC(C)(CC(C)(C3)C1)C2. The van der Waals surface area contributed by atoms with Gasteiger partial charge in [-0.25, -0.2) is 0 Å². The van der Waals surface area contributed by atoms with Crippen LogP contribution in [0, 0.1) is 23.7 Å². The average Bonchev–Trinajstić information content (AvgIpc) is 2.63. The summed E-state index contributed by atoms with van der Waals surface area (Å²) in [7, 11) is 0. The van der Waals surface area contributed by atoms with E-state index in [1.54, 1.807) is 0 Å². The molecular formula is C27H35NO. The summed E-state index contributed by atoms with van der Waals surface area (Å²) in [6, 6.07) is 17.1. The van der Waals surface area contributed by atoms with Crippen LogP contribution in [0.15, 0.2) is 48.5 Å². The van der Waals surface area contributed by atoms with Crippen molar-refractivity contribution < 1.29 is 4.74 Å². The summed E-state index contributed by atoms with van der Waals surface area (Å²) in [5.74, 6) is 1.94. The molecule has 2 atom stereocenters. The smallest absolute Gasteiger partial charge is 0.124 e. The third kappa shape index (κ3) is 3.72. The average molecular weight is 390 g/mol. The largest absolute Gasteiger partial charge is 0.489 e. The first-order valence-corrected chi connectivity index (χ1v) is 11.4. The molecule has 1 N–H and O–H groups in total. The van der Waals surface area contributed by atoms with Crippen molar-refractivity contribution in [2.24, 2.45) is 16.7 Å². The molecule has 2 heteroatoms. The number of para-hydroxylation sites is 1. The highest BCUT2D eigenvalue weighted by Crippen LogP contribution is 2.66. The van der Waals surface area contributed by atoms with Gasteiger partial charge in [0.2, 0.25) is 0 Å². The van der Waals surface area contributed by atoms with E-state index in [2.05, 4.69) is 74.6 Å². The third-order valence-electron chi connectivity index (χ3n) is 7.90. The highest BCUT2D eigenvalue weighted by atomic mass is 16.5. The van der Waals surface area contributed by atoms with Gasteiger partial charge in [0, 0.05) is 17.6 Å². The summed E-state index contributed by atoms with van der Waals surface area (Å²) in [5.41, 5.74) is 5.25. The molecular weight excluding hydrogens is 354 g/mol. The molecule has 0 amide bonds. The molecule has 4 aliphatic carbocycles. The fourth-order valence-electron chi connectivity index (χ4n) is 7.65. The molecule has 29 heavy (non-hydrogen) atoms. The van der Waals surface area contributed by atoms with Gasteiger partial charge in [-0.05, 0) is 79.4 Å². The van der Waals surface area contributed by atoms with Crippen LogP contribution >= 0.6 is 0 Å². The summed E-state index contributed by atoms with van der Waals surface area (Å²) in [6.45, 7) is 8.78. The van der Waals surface area contributed by atoms with Crippen molar-refractivity contribution in [3.8, 4) is 5.75 Å². The van der Waals surface area contributed by atoms with Crippen LogP contribution in [-0.4, -0.2) is 5.54 Å². The van der Waals surface area contributed by atoms with Crippen LogP contribution in [0.25, 0.3) is 0 Å². The molecule has 4 saturated carbocycles. The molecule has 0 spiro atoms. The quantitative estimate of drug-likeness (QED) is 0.616. The maximum atomic E-state index is 6.28. The standard InChI is InChI=1S/C27H35NO/c1-20-8-4-5-10-23(20)16-29-24-11-7-6-9-22(24)15-28-27-14-21-12-25(2,18-27)17-26(3,13-21)19-27/h4-11,21,28H,12-19H2,1-3H3. The van der Waals surface area contributed by atoms with Crippen LogP contribution in [0.3, 0.4) is 0 Å². The second kappa shape index (κ2) is 6.87. The summed E-state index contributed by atoms with van der Waals surface area (Å²) in [5, 5.41) is 4.06. The predicted molar refractivity (Wildman–Crippen MR) is 119 cm³/mol. The van der Waals surface area contributed by atoms with Crippen LogP contribution in [0.2, 0.25) is 0 Å². The van der Waals surface area contributed by atoms with Crippen LogP contribution < -0.4 is 10.1 Å². The van der Waals surface area contributed by atoms with Gasteiger partial charge in [-0.1, -0.05) is 56.3 Å². The zero-order valence-corrected chi connectivity index (χ0v) is 18.3. The predicted octanol–water partition coefficient (Wildman–Crippen LogP) is 6.41. The monoisotopic (exact) mass is 389 g/mol. The van der Waals surface area contributed by atoms with E-state index in [-0.39, 0.29) is 0 Å². The minimum Gasteiger partial charge on any atom is -0.489 e. The second-order valence-corrected chi connectivity index (χ2v) is 11.1. The number of ether oxygens (including phenoxy) is 1. The van der Waals surface area contributed by atoms with Crippen molar-refractivity contribution >= 4 is 0 Å². The molecule has 0 saturated heterocycles. The van der Waals surface area contributed by atoms with Crippen molar-refractivity contribution in [3.63, 3.8) is 0 Å². The van der Waals surface area contributed by atoms with E-state index in [0.29, 0.717) is 23.0 Å². The van der Waals surface area contributed by atoms with E-state index in [0.717, 1.165) is 18.2 Å².